The van der Waals surface area contributed by atoms with Crippen LogP contribution in [0.2, 0.25) is 0 Å². The van der Waals surface area contributed by atoms with Crippen LogP contribution in [-0.4, -0.2) is 20.2 Å². The highest BCUT2D eigenvalue weighted by molar-refractivity contribution is 5.87. The Hall–Kier alpha value is -3.47. The molecule has 120 valence electrons. The Labute approximate surface area is 144 Å². The minimum absolute atomic E-state index is 0.0624. The molecule has 3 aromatic carbocycles. The maximum atomic E-state index is 4.20. The molecule has 1 atom stereocenters. The lowest BCUT2D eigenvalue weighted by molar-refractivity contribution is 0.589. The summed E-state index contributed by atoms with van der Waals surface area (Å²) in [5.74, 6) is 0.652. The zero-order valence-corrected chi connectivity index (χ0v) is 13.4. The normalized spacial score (nSPS) is 16.2. The quantitative estimate of drug-likeness (QED) is 0.607. The lowest BCUT2D eigenvalue weighted by Gasteiger charge is -2.24. The van der Waals surface area contributed by atoms with Crippen LogP contribution in [0.5, 0.6) is 0 Å². The summed E-state index contributed by atoms with van der Waals surface area (Å²) in [4.78, 5) is 0. The lowest BCUT2D eigenvalue weighted by atomic mass is 9.96. The Balaban J connectivity index is 1.72. The number of aromatic nitrogens is 4. The predicted molar refractivity (Wildman–Crippen MR) is 97.9 cm³/mol. The van der Waals surface area contributed by atoms with Crippen molar-refractivity contribution in [1.29, 1.82) is 0 Å². The molecule has 0 unspecified atom stereocenters. The highest BCUT2D eigenvalue weighted by atomic mass is 15.6. The molecule has 5 nitrogen and oxygen atoms in total. The third-order valence-corrected chi connectivity index (χ3v) is 4.55. The fourth-order valence-electron chi connectivity index (χ4n) is 3.37. The second kappa shape index (κ2) is 5.56. The van der Waals surface area contributed by atoms with Crippen molar-refractivity contribution in [3.63, 3.8) is 0 Å². The summed E-state index contributed by atoms with van der Waals surface area (Å²) in [5.41, 5.74) is 3.31. The summed E-state index contributed by atoms with van der Waals surface area (Å²) in [6.45, 7) is 0. The Morgan fingerprint density at radius 2 is 1.64 bits per heavy atom. The summed E-state index contributed by atoms with van der Waals surface area (Å²) in [5, 5.41) is 17.9. The highest BCUT2D eigenvalue weighted by Crippen LogP contribution is 2.34. The van der Waals surface area contributed by atoms with Crippen LogP contribution in [0.15, 0.2) is 78.9 Å². The lowest BCUT2D eigenvalue weighted by Crippen LogP contribution is -2.20. The number of tetrazole rings is 1. The predicted octanol–water partition coefficient (Wildman–Crippen LogP) is 3.88. The van der Waals surface area contributed by atoms with Gasteiger partial charge in [0.2, 0.25) is 5.95 Å². The van der Waals surface area contributed by atoms with Crippen molar-refractivity contribution in [2.45, 2.75) is 6.04 Å². The second-order valence-electron chi connectivity index (χ2n) is 6.03. The molecule has 1 N–H and O–H groups in total. The monoisotopic (exact) mass is 325 g/mol. The van der Waals surface area contributed by atoms with E-state index in [1.807, 2.05) is 22.9 Å². The fraction of sp³-hybridized carbons (Fsp3) is 0.0500. The van der Waals surface area contributed by atoms with Crippen LogP contribution in [0.4, 0.5) is 5.95 Å². The summed E-state index contributed by atoms with van der Waals surface area (Å²) in [6, 6.07) is 24.9. The van der Waals surface area contributed by atoms with E-state index in [0.717, 1.165) is 11.3 Å². The minimum atomic E-state index is -0.0624. The largest absolute Gasteiger partial charge is 0.323 e. The number of nitrogens with one attached hydrogen (secondary N) is 1. The maximum absolute atomic E-state index is 4.20. The molecule has 1 aliphatic rings. The Morgan fingerprint density at radius 3 is 2.56 bits per heavy atom. The van der Waals surface area contributed by atoms with Gasteiger partial charge in [-0.2, -0.15) is 4.68 Å². The first kappa shape index (κ1) is 13.9. The van der Waals surface area contributed by atoms with Gasteiger partial charge in [-0.25, -0.2) is 0 Å². The average molecular weight is 325 g/mol. The Kier molecular flexibility index (Phi) is 3.10. The van der Waals surface area contributed by atoms with Crippen LogP contribution >= 0.6 is 0 Å². The van der Waals surface area contributed by atoms with Crippen molar-refractivity contribution in [1.82, 2.24) is 20.2 Å². The van der Waals surface area contributed by atoms with Gasteiger partial charge in [-0.15, -0.1) is 0 Å². The average Bonchev–Trinajstić information content (AvgIpc) is 3.16. The number of hydrogen-bond acceptors (Lipinski definition) is 4. The molecule has 1 aliphatic heterocycles. The summed E-state index contributed by atoms with van der Waals surface area (Å²) in [7, 11) is 0. The topological polar surface area (TPSA) is 55.6 Å². The molecule has 4 aromatic rings. The molecule has 0 saturated carbocycles. The van der Waals surface area contributed by atoms with Crippen molar-refractivity contribution in [2.75, 3.05) is 5.32 Å². The maximum Gasteiger partial charge on any atom is 0.248 e. The van der Waals surface area contributed by atoms with E-state index in [1.165, 1.54) is 16.3 Å². The number of anilines is 1. The van der Waals surface area contributed by atoms with Gasteiger partial charge in [0.15, 0.2) is 0 Å². The van der Waals surface area contributed by atoms with Gasteiger partial charge in [0.25, 0.3) is 0 Å². The standard InChI is InChI=1S/C20H15N5/c1-2-8-15(9-3-1)18-13-19(25-20(21-18)22-23-24-25)17-12-6-10-14-7-4-5-11-16(14)17/h1-13,19H,(H,21,22,24)/t19-/m1/s1. The molecule has 0 radical (unpaired) electrons. The van der Waals surface area contributed by atoms with Gasteiger partial charge in [-0.05, 0) is 38.4 Å². The zero-order chi connectivity index (χ0) is 16.6. The number of fused-ring (bicyclic) bond motifs is 2. The molecule has 0 fully saturated rings. The fourth-order valence-corrected chi connectivity index (χ4v) is 3.37. The molecule has 25 heavy (non-hydrogen) atoms. The number of rotatable bonds is 2. The van der Waals surface area contributed by atoms with Crippen LogP contribution < -0.4 is 5.32 Å². The van der Waals surface area contributed by atoms with E-state index in [9.17, 15) is 0 Å². The van der Waals surface area contributed by atoms with Crippen molar-refractivity contribution in [3.8, 4) is 0 Å². The van der Waals surface area contributed by atoms with E-state index >= 15 is 0 Å². The first-order valence-electron chi connectivity index (χ1n) is 8.20. The number of hydrogen-bond donors (Lipinski definition) is 1. The smallest absolute Gasteiger partial charge is 0.248 e. The molecule has 0 saturated heterocycles. The van der Waals surface area contributed by atoms with Crippen LogP contribution in [0.3, 0.4) is 0 Å². The third kappa shape index (κ3) is 2.29. The van der Waals surface area contributed by atoms with E-state index in [1.54, 1.807) is 0 Å². The summed E-state index contributed by atoms with van der Waals surface area (Å²) >= 11 is 0. The van der Waals surface area contributed by atoms with E-state index in [2.05, 4.69) is 81.5 Å². The van der Waals surface area contributed by atoms with Gasteiger partial charge < -0.3 is 5.32 Å². The van der Waals surface area contributed by atoms with Gasteiger partial charge in [0, 0.05) is 5.70 Å². The zero-order valence-electron chi connectivity index (χ0n) is 13.4. The van der Waals surface area contributed by atoms with Crippen molar-refractivity contribution < 1.29 is 0 Å². The minimum Gasteiger partial charge on any atom is -0.323 e. The van der Waals surface area contributed by atoms with Crippen LogP contribution in [-0.2, 0) is 0 Å². The molecule has 2 heterocycles. The summed E-state index contributed by atoms with van der Waals surface area (Å²) < 4.78 is 1.83. The molecule has 5 heteroatoms. The van der Waals surface area contributed by atoms with Crippen molar-refractivity contribution >= 4 is 22.4 Å². The van der Waals surface area contributed by atoms with Crippen molar-refractivity contribution in [3.05, 3.63) is 90.0 Å². The molecule has 0 spiro atoms. The van der Waals surface area contributed by atoms with Gasteiger partial charge in [0.05, 0.1) is 0 Å². The van der Waals surface area contributed by atoms with Crippen molar-refractivity contribution in [2.24, 2.45) is 0 Å². The number of benzene rings is 3. The number of allylic oxidation sites excluding steroid dienone is 1. The Bertz CT molecular complexity index is 1080. The SMILES string of the molecule is C1=C(c2ccccc2)Nc2nnnn2[C@H]1c1cccc2ccccc12. The van der Waals surface area contributed by atoms with Gasteiger partial charge >= 0.3 is 0 Å². The second-order valence-corrected chi connectivity index (χ2v) is 6.03. The van der Waals surface area contributed by atoms with Gasteiger partial charge in [-0.3, -0.25) is 0 Å². The molecular weight excluding hydrogens is 310 g/mol. The first-order valence-corrected chi connectivity index (χ1v) is 8.20. The molecule has 0 amide bonds. The van der Waals surface area contributed by atoms with Crippen LogP contribution in [0, 0.1) is 0 Å². The van der Waals surface area contributed by atoms with E-state index < -0.39 is 0 Å². The molecule has 5 rings (SSSR count). The van der Waals surface area contributed by atoms with E-state index in [0.29, 0.717) is 5.95 Å². The van der Waals surface area contributed by atoms with Gasteiger partial charge in [0.1, 0.15) is 6.04 Å². The third-order valence-electron chi connectivity index (χ3n) is 4.55. The first-order chi connectivity index (χ1) is 12.4. The van der Waals surface area contributed by atoms with Crippen LogP contribution in [0.1, 0.15) is 17.2 Å². The van der Waals surface area contributed by atoms with E-state index in [4.69, 9.17) is 0 Å². The van der Waals surface area contributed by atoms with E-state index in [-0.39, 0.29) is 6.04 Å². The van der Waals surface area contributed by atoms with Crippen LogP contribution in [0.25, 0.3) is 16.5 Å². The van der Waals surface area contributed by atoms with Gasteiger partial charge in [-0.1, -0.05) is 77.9 Å². The molecule has 0 aliphatic carbocycles. The number of nitrogens with zero attached hydrogens (tertiary/aromatic N) is 4. The molecule has 1 aromatic heterocycles. The Morgan fingerprint density at radius 1 is 0.840 bits per heavy atom. The summed E-state index contributed by atoms with van der Waals surface area (Å²) in [6.07, 6.45) is 2.18. The highest BCUT2D eigenvalue weighted by Gasteiger charge is 2.25. The molecule has 0 bridgehead atoms. The molecular formula is C20H15N5.